The molecule has 4 heteroatoms. The van der Waals surface area contributed by atoms with Gasteiger partial charge < -0.3 is 10.1 Å². The van der Waals surface area contributed by atoms with Crippen molar-refractivity contribution in [1.82, 2.24) is 15.0 Å². The SMILES string of the molecule is OCCCc1nccc(-c2cc[nH]c2)n1. The number of nitrogens with zero attached hydrogens (tertiary/aromatic N) is 2. The second kappa shape index (κ2) is 4.70. The summed E-state index contributed by atoms with van der Waals surface area (Å²) >= 11 is 0. The van der Waals surface area contributed by atoms with E-state index in [0.29, 0.717) is 6.42 Å². The molecule has 0 fully saturated rings. The number of H-pyrrole nitrogens is 1. The summed E-state index contributed by atoms with van der Waals surface area (Å²) in [6.07, 6.45) is 6.94. The molecule has 0 spiro atoms. The number of hydrogen-bond donors (Lipinski definition) is 2. The van der Waals surface area contributed by atoms with E-state index in [1.807, 2.05) is 24.5 Å². The monoisotopic (exact) mass is 203 g/mol. The quantitative estimate of drug-likeness (QED) is 0.789. The van der Waals surface area contributed by atoms with Crippen LogP contribution in [0.5, 0.6) is 0 Å². The third-order valence-corrected chi connectivity index (χ3v) is 2.16. The third kappa shape index (κ3) is 2.41. The Morgan fingerprint density at radius 2 is 2.27 bits per heavy atom. The molecule has 2 rings (SSSR count). The molecule has 0 radical (unpaired) electrons. The molecule has 0 amide bonds. The van der Waals surface area contributed by atoms with E-state index in [9.17, 15) is 0 Å². The van der Waals surface area contributed by atoms with Gasteiger partial charge in [0, 0.05) is 37.2 Å². The number of aliphatic hydroxyl groups excluding tert-OH is 1. The van der Waals surface area contributed by atoms with Gasteiger partial charge in [0.05, 0.1) is 5.69 Å². The normalized spacial score (nSPS) is 10.5. The Morgan fingerprint density at radius 1 is 1.33 bits per heavy atom. The Hall–Kier alpha value is -1.68. The van der Waals surface area contributed by atoms with Crippen LogP contribution in [0.15, 0.2) is 30.7 Å². The summed E-state index contributed by atoms with van der Waals surface area (Å²) in [5.41, 5.74) is 1.97. The largest absolute Gasteiger partial charge is 0.396 e. The highest BCUT2D eigenvalue weighted by atomic mass is 16.2. The Labute approximate surface area is 88.0 Å². The number of aromatic nitrogens is 3. The molecule has 2 aromatic rings. The molecule has 0 aliphatic rings. The first-order valence-corrected chi connectivity index (χ1v) is 4.96. The van der Waals surface area contributed by atoms with Crippen molar-refractivity contribution >= 4 is 0 Å². The number of hydrogen-bond acceptors (Lipinski definition) is 3. The van der Waals surface area contributed by atoms with Crippen LogP contribution in [0.1, 0.15) is 12.2 Å². The molecular weight excluding hydrogens is 190 g/mol. The molecule has 2 aromatic heterocycles. The lowest BCUT2D eigenvalue weighted by Gasteiger charge is -2.00. The number of nitrogens with one attached hydrogen (secondary N) is 1. The van der Waals surface area contributed by atoms with Crippen LogP contribution in [0.4, 0.5) is 0 Å². The maximum absolute atomic E-state index is 8.72. The highest BCUT2D eigenvalue weighted by molar-refractivity contribution is 5.57. The molecule has 0 unspecified atom stereocenters. The average Bonchev–Trinajstić information content (AvgIpc) is 2.80. The molecule has 0 bridgehead atoms. The van der Waals surface area contributed by atoms with Crippen molar-refractivity contribution in [2.75, 3.05) is 6.61 Å². The summed E-state index contributed by atoms with van der Waals surface area (Å²) < 4.78 is 0. The van der Waals surface area contributed by atoms with Crippen LogP contribution in [0.25, 0.3) is 11.3 Å². The summed E-state index contributed by atoms with van der Waals surface area (Å²) in [6, 6.07) is 3.85. The van der Waals surface area contributed by atoms with Crippen molar-refractivity contribution in [3.05, 3.63) is 36.5 Å². The molecule has 4 nitrogen and oxygen atoms in total. The van der Waals surface area contributed by atoms with Gasteiger partial charge in [-0.05, 0) is 18.6 Å². The van der Waals surface area contributed by atoms with E-state index >= 15 is 0 Å². The highest BCUT2D eigenvalue weighted by Gasteiger charge is 2.01. The topological polar surface area (TPSA) is 61.8 Å². The maximum atomic E-state index is 8.72. The Kier molecular flexibility index (Phi) is 3.09. The highest BCUT2D eigenvalue weighted by Crippen LogP contribution is 2.15. The first kappa shape index (κ1) is 9.86. The van der Waals surface area contributed by atoms with Gasteiger partial charge in [-0.25, -0.2) is 9.97 Å². The number of aliphatic hydroxyl groups is 1. The third-order valence-electron chi connectivity index (χ3n) is 2.16. The van der Waals surface area contributed by atoms with Gasteiger partial charge in [-0.3, -0.25) is 0 Å². The van der Waals surface area contributed by atoms with Gasteiger partial charge in [0.2, 0.25) is 0 Å². The second-order valence-electron chi connectivity index (χ2n) is 3.28. The Morgan fingerprint density at radius 3 is 3.00 bits per heavy atom. The smallest absolute Gasteiger partial charge is 0.129 e. The van der Waals surface area contributed by atoms with Gasteiger partial charge in [0.15, 0.2) is 0 Å². The van der Waals surface area contributed by atoms with Gasteiger partial charge in [0.25, 0.3) is 0 Å². The Bertz CT molecular complexity index is 412. The molecule has 2 heterocycles. The molecule has 0 aromatic carbocycles. The lowest BCUT2D eigenvalue weighted by Crippen LogP contribution is -1.97. The van der Waals surface area contributed by atoms with Crippen molar-refractivity contribution in [2.24, 2.45) is 0 Å². The minimum absolute atomic E-state index is 0.178. The molecule has 0 aliphatic carbocycles. The predicted octanol–water partition coefficient (Wildman–Crippen LogP) is 1.40. The van der Waals surface area contributed by atoms with Crippen molar-refractivity contribution in [1.29, 1.82) is 0 Å². The van der Waals surface area contributed by atoms with E-state index in [-0.39, 0.29) is 6.61 Å². The number of aromatic amines is 1. The van der Waals surface area contributed by atoms with Crippen LogP contribution in [0.3, 0.4) is 0 Å². The molecule has 2 N–H and O–H groups in total. The number of rotatable bonds is 4. The lowest BCUT2D eigenvalue weighted by molar-refractivity contribution is 0.287. The van der Waals surface area contributed by atoms with E-state index in [0.717, 1.165) is 23.5 Å². The van der Waals surface area contributed by atoms with Gasteiger partial charge in [-0.15, -0.1) is 0 Å². The minimum atomic E-state index is 0.178. The summed E-state index contributed by atoms with van der Waals surface area (Å²) in [4.78, 5) is 11.6. The molecular formula is C11H13N3O. The van der Waals surface area contributed by atoms with Crippen molar-refractivity contribution in [3.8, 4) is 11.3 Å². The number of aryl methyl sites for hydroxylation is 1. The molecule has 78 valence electrons. The van der Waals surface area contributed by atoms with E-state index in [1.54, 1.807) is 6.20 Å². The van der Waals surface area contributed by atoms with Crippen molar-refractivity contribution in [2.45, 2.75) is 12.8 Å². The molecule has 0 atom stereocenters. The second-order valence-corrected chi connectivity index (χ2v) is 3.28. The van der Waals surface area contributed by atoms with Crippen LogP contribution in [-0.2, 0) is 6.42 Å². The van der Waals surface area contributed by atoms with Gasteiger partial charge in [-0.1, -0.05) is 0 Å². The van der Waals surface area contributed by atoms with Gasteiger partial charge >= 0.3 is 0 Å². The van der Waals surface area contributed by atoms with Crippen molar-refractivity contribution in [3.63, 3.8) is 0 Å². The van der Waals surface area contributed by atoms with E-state index in [2.05, 4.69) is 15.0 Å². The van der Waals surface area contributed by atoms with Gasteiger partial charge in [0.1, 0.15) is 5.82 Å². The van der Waals surface area contributed by atoms with Crippen LogP contribution in [0.2, 0.25) is 0 Å². The van der Waals surface area contributed by atoms with Gasteiger partial charge in [-0.2, -0.15) is 0 Å². The van der Waals surface area contributed by atoms with Crippen LogP contribution in [0, 0.1) is 0 Å². The van der Waals surface area contributed by atoms with E-state index in [4.69, 9.17) is 5.11 Å². The molecule has 15 heavy (non-hydrogen) atoms. The predicted molar refractivity (Wildman–Crippen MR) is 57.2 cm³/mol. The lowest BCUT2D eigenvalue weighted by atomic mass is 10.2. The Balaban J connectivity index is 2.19. The molecule has 0 saturated heterocycles. The van der Waals surface area contributed by atoms with Crippen molar-refractivity contribution < 1.29 is 5.11 Å². The fourth-order valence-corrected chi connectivity index (χ4v) is 1.40. The molecule has 0 saturated carbocycles. The van der Waals surface area contributed by atoms with Crippen LogP contribution in [-0.4, -0.2) is 26.7 Å². The fourth-order valence-electron chi connectivity index (χ4n) is 1.40. The zero-order chi connectivity index (χ0) is 10.5. The van der Waals surface area contributed by atoms with Crippen LogP contribution < -0.4 is 0 Å². The zero-order valence-corrected chi connectivity index (χ0v) is 8.35. The fraction of sp³-hybridized carbons (Fsp3) is 0.273. The summed E-state index contributed by atoms with van der Waals surface area (Å²) in [5.74, 6) is 0.780. The van der Waals surface area contributed by atoms with E-state index < -0.39 is 0 Å². The summed E-state index contributed by atoms with van der Waals surface area (Å²) in [5, 5.41) is 8.72. The molecule has 0 aliphatic heterocycles. The standard InChI is InChI=1S/C11H13N3O/c15-7-1-2-11-13-6-4-10(14-11)9-3-5-12-8-9/h3-6,8,12,15H,1-2,7H2. The first-order chi connectivity index (χ1) is 7.40. The van der Waals surface area contributed by atoms with E-state index in [1.165, 1.54) is 0 Å². The first-order valence-electron chi connectivity index (χ1n) is 4.96. The summed E-state index contributed by atoms with van der Waals surface area (Å²) in [7, 11) is 0. The van der Waals surface area contributed by atoms with Crippen LogP contribution >= 0.6 is 0 Å². The summed E-state index contributed by atoms with van der Waals surface area (Å²) in [6.45, 7) is 0.178. The minimum Gasteiger partial charge on any atom is -0.396 e. The zero-order valence-electron chi connectivity index (χ0n) is 8.35. The maximum Gasteiger partial charge on any atom is 0.129 e. The average molecular weight is 203 g/mol.